The highest BCUT2D eigenvalue weighted by atomic mass is 15.5. The molecule has 1 atom stereocenters. The lowest BCUT2D eigenvalue weighted by Gasteiger charge is -2.33. The monoisotopic (exact) mass is 362 g/mol. The smallest absolute Gasteiger partial charge is 0.214 e. The van der Waals surface area contributed by atoms with Crippen LogP contribution in [-0.2, 0) is 13.0 Å². The van der Waals surface area contributed by atoms with Gasteiger partial charge in [0.15, 0.2) is 6.04 Å². The third-order valence-corrected chi connectivity index (χ3v) is 5.73. The van der Waals surface area contributed by atoms with E-state index >= 15 is 0 Å². The van der Waals surface area contributed by atoms with Crippen LogP contribution in [0.3, 0.4) is 0 Å². The summed E-state index contributed by atoms with van der Waals surface area (Å²) in [4.78, 5) is 1.58. The van der Waals surface area contributed by atoms with Crippen molar-refractivity contribution >= 4 is 0 Å². The van der Waals surface area contributed by atoms with Crippen LogP contribution < -0.4 is 4.90 Å². The number of nitrogens with one attached hydrogen (secondary N) is 1. The normalized spacial score (nSPS) is 21.1. The van der Waals surface area contributed by atoms with Crippen molar-refractivity contribution < 1.29 is 4.90 Å². The number of aromatic nitrogens is 4. The van der Waals surface area contributed by atoms with Gasteiger partial charge < -0.3 is 4.90 Å². The van der Waals surface area contributed by atoms with Crippen molar-refractivity contribution in [3.05, 3.63) is 77.6 Å². The van der Waals surface area contributed by atoms with Gasteiger partial charge in [0.25, 0.3) is 0 Å². The van der Waals surface area contributed by atoms with E-state index in [9.17, 15) is 0 Å². The number of hydrogen-bond donors (Lipinski definition) is 1. The fraction of sp³-hybridized carbons (Fsp3) is 0.409. The Labute approximate surface area is 161 Å². The molecule has 2 aromatic carbocycles. The summed E-state index contributed by atoms with van der Waals surface area (Å²) in [5, 5.41) is 12.9. The SMILES string of the molecule is CC1CC[NH+]([C@H](c2ccccc2)c2nnnn2CCc2ccccc2)CC1. The number of likely N-dealkylation sites (tertiary alicyclic amines) is 1. The third kappa shape index (κ3) is 4.25. The Hall–Kier alpha value is -2.53. The standard InChI is InChI=1S/C22H27N5/c1-18-12-15-26(16-13-18)21(20-10-6-3-7-11-20)22-23-24-25-27(22)17-14-19-8-4-2-5-9-19/h2-11,18,21H,12-17H2,1H3/p+1/t21-/m1/s1. The first-order valence-electron chi connectivity index (χ1n) is 10.0. The predicted molar refractivity (Wildman–Crippen MR) is 105 cm³/mol. The van der Waals surface area contributed by atoms with Gasteiger partial charge in [-0.05, 0) is 41.2 Å². The Kier molecular flexibility index (Phi) is 5.58. The number of benzene rings is 2. The van der Waals surface area contributed by atoms with Crippen molar-refractivity contribution in [2.75, 3.05) is 13.1 Å². The van der Waals surface area contributed by atoms with Crippen molar-refractivity contribution in [1.29, 1.82) is 0 Å². The minimum Gasteiger partial charge on any atom is -0.322 e. The van der Waals surface area contributed by atoms with E-state index in [2.05, 4.69) is 83.1 Å². The van der Waals surface area contributed by atoms with Gasteiger partial charge in [0.05, 0.1) is 13.1 Å². The molecule has 0 radical (unpaired) electrons. The van der Waals surface area contributed by atoms with Crippen LogP contribution in [0.15, 0.2) is 60.7 Å². The molecule has 5 heteroatoms. The molecule has 1 N–H and O–H groups in total. The average molecular weight is 363 g/mol. The number of hydrogen-bond acceptors (Lipinski definition) is 3. The zero-order valence-electron chi connectivity index (χ0n) is 16.0. The fourth-order valence-corrected chi connectivity index (χ4v) is 4.09. The average Bonchev–Trinajstić information content (AvgIpc) is 3.18. The highest BCUT2D eigenvalue weighted by Crippen LogP contribution is 2.19. The molecule has 5 nitrogen and oxygen atoms in total. The quantitative estimate of drug-likeness (QED) is 0.732. The number of quaternary nitrogens is 1. The maximum absolute atomic E-state index is 4.48. The van der Waals surface area contributed by atoms with Gasteiger partial charge in [-0.25, -0.2) is 4.68 Å². The summed E-state index contributed by atoms with van der Waals surface area (Å²) in [6.45, 7) is 5.51. The highest BCUT2D eigenvalue weighted by molar-refractivity contribution is 5.22. The van der Waals surface area contributed by atoms with Gasteiger partial charge in [-0.3, -0.25) is 0 Å². The summed E-state index contributed by atoms with van der Waals surface area (Å²) < 4.78 is 2.01. The summed E-state index contributed by atoms with van der Waals surface area (Å²) in [6.07, 6.45) is 3.47. The van der Waals surface area contributed by atoms with Crippen molar-refractivity contribution in [3.63, 3.8) is 0 Å². The number of piperidine rings is 1. The van der Waals surface area contributed by atoms with Crippen molar-refractivity contribution in [3.8, 4) is 0 Å². The minimum atomic E-state index is 0.199. The summed E-state index contributed by atoms with van der Waals surface area (Å²) in [6, 6.07) is 21.5. The molecule has 3 aromatic rings. The largest absolute Gasteiger partial charge is 0.322 e. The van der Waals surface area contributed by atoms with Crippen molar-refractivity contribution in [2.24, 2.45) is 5.92 Å². The van der Waals surface area contributed by atoms with Crippen LogP contribution in [0.1, 0.15) is 42.8 Å². The van der Waals surface area contributed by atoms with Crippen LogP contribution in [0.25, 0.3) is 0 Å². The van der Waals surface area contributed by atoms with Gasteiger partial charge >= 0.3 is 0 Å². The molecule has 0 bridgehead atoms. The summed E-state index contributed by atoms with van der Waals surface area (Å²) in [5.74, 6) is 1.81. The molecule has 4 rings (SSSR count). The van der Waals surface area contributed by atoms with Gasteiger partial charge in [0.2, 0.25) is 5.82 Å². The first kappa shape index (κ1) is 17.9. The van der Waals surface area contributed by atoms with Crippen LogP contribution in [0, 0.1) is 5.92 Å². The first-order valence-corrected chi connectivity index (χ1v) is 10.0. The molecule has 0 saturated carbocycles. The zero-order valence-corrected chi connectivity index (χ0v) is 16.0. The first-order chi connectivity index (χ1) is 13.3. The van der Waals surface area contributed by atoms with E-state index in [1.165, 1.54) is 37.1 Å². The molecule has 2 heterocycles. The van der Waals surface area contributed by atoms with Crippen LogP contribution in [-0.4, -0.2) is 33.3 Å². The second-order valence-corrected chi connectivity index (χ2v) is 7.68. The molecule has 1 aromatic heterocycles. The molecule has 0 aliphatic carbocycles. The fourth-order valence-electron chi connectivity index (χ4n) is 4.09. The lowest BCUT2D eigenvalue weighted by atomic mass is 9.95. The molecule has 0 spiro atoms. The molecule has 1 aliphatic heterocycles. The van der Waals surface area contributed by atoms with E-state index in [1.807, 2.05) is 4.68 Å². The lowest BCUT2D eigenvalue weighted by molar-refractivity contribution is -0.932. The molecule has 140 valence electrons. The van der Waals surface area contributed by atoms with Gasteiger partial charge in [-0.1, -0.05) is 67.6 Å². The van der Waals surface area contributed by atoms with E-state index in [1.54, 1.807) is 4.90 Å². The maximum Gasteiger partial charge on any atom is 0.214 e. The van der Waals surface area contributed by atoms with Crippen molar-refractivity contribution in [1.82, 2.24) is 20.2 Å². The second-order valence-electron chi connectivity index (χ2n) is 7.68. The highest BCUT2D eigenvalue weighted by Gasteiger charge is 2.33. The van der Waals surface area contributed by atoms with Crippen LogP contribution >= 0.6 is 0 Å². The number of nitrogens with zero attached hydrogens (tertiary/aromatic N) is 4. The molecule has 0 unspecified atom stereocenters. The van der Waals surface area contributed by atoms with Gasteiger partial charge in [-0.15, -0.1) is 5.10 Å². The second kappa shape index (κ2) is 8.44. The van der Waals surface area contributed by atoms with E-state index in [0.29, 0.717) is 0 Å². The Morgan fingerprint density at radius 3 is 2.37 bits per heavy atom. The molecule has 27 heavy (non-hydrogen) atoms. The Balaban J connectivity index is 1.60. The van der Waals surface area contributed by atoms with E-state index in [0.717, 1.165) is 24.7 Å². The zero-order chi connectivity index (χ0) is 18.5. The lowest BCUT2D eigenvalue weighted by Crippen LogP contribution is -3.13. The number of tetrazole rings is 1. The van der Waals surface area contributed by atoms with E-state index in [-0.39, 0.29) is 6.04 Å². The summed E-state index contributed by atoms with van der Waals surface area (Å²) >= 11 is 0. The van der Waals surface area contributed by atoms with Crippen LogP contribution in [0.2, 0.25) is 0 Å². The van der Waals surface area contributed by atoms with Gasteiger partial charge in [0.1, 0.15) is 0 Å². The number of rotatable bonds is 6. The molecule has 1 saturated heterocycles. The topological polar surface area (TPSA) is 48.0 Å². The minimum absolute atomic E-state index is 0.199. The summed E-state index contributed by atoms with van der Waals surface area (Å²) in [7, 11) is 0. The Morgan fingerprint density at radius 2 is 1.67 bits per heavy atom. The van der Waals surface area contributed by atoms with E-state index in [4.69, 9.17) is 0 Å². The van der Waals surface area contributed by atoms with Gasteiger partial charge in [-0.2, -0.15) is 0 Å². The Morgan fingerprint density at radius 1 is 1.00 bits per heavy atom. The van der Waals surface area contributed by atoms with Crippen LogP contribution in [0.5, 0.6) is 0 Å². The molecule has 1 fully saturated rings. The Bertz CT molecular complexity index is 822. The summed E-state index contributed by atoms with van der Waals surface area (Å²) in [5.41, 5.74) is 2.62. The molecule has 1 aliphatic rings. The maximum atomic E-state index is 4.48. The number of aryl methyl sites for hydroxylation is 2. The third-order valence-electron chi connectivity index (χ3n) is 5.73. The molecular formula is C22H28N5+. The van der Waals surface area contributed by atoms with E-state index < -0.39 is 0 Å². The predicted octanol–water partition coefficient (Wildman–Crippen LogP) is 2.32. The van der Waals surface area contributed by atoms with Gasteiger partial charge in [0, 0.05) is 12.1 Å². The molecular weight excluding hydrogens is 334 g/mol. The van der Waals surface area contributed by atoms with Crippen molar-refractivity contribution in [2.45, 2.75) is 38.8 Å². The molecule has 0 amide bonds. The van der Waals surface area contributed by atoms with Crippen LogP contribution in [0.4, 0.5) is 0 Å².